The van der Waals surface area contributed by atoms with Gasteiger partial charge in [-0.05, 0) is 46.5 Å². The summed E-state index contributed by atoms with van der Waals surface area (Å²) in [7, 11) is 0. The summed E-state index contributed by atoms with van der Waals surface area (Å²) in [6.07, 6.45) is 0.954. The van der Waals surface area contributed by atoms with Crippen molar-refractivity contribution < 1.29 is 9.42 Å². The summed E-state index contributed by atoms with van der Waals surface area (Å²) in [6.45, 7) is 3.33. The van der Waals surface area contributed by atoms with Crippen LogP contribution in [-0.4, -0.2) is 22.8 Å². The van der Waals surface area contributed by atoms with Crippen LogP contribution in [0.2, 0.25) is 0 Å². The van der Waals surface area contributed by atoms with E-state index in [1.807, 2.05) is 18.2 Å². The van der Waals surface area contributed by atoms with Crippen LogP contribution in [0.1, 0.15) is 17.4 Å². The average molecular weight is 314 g/mol. The fourth-order valence-corrected chi connectivity index (χ4v) is 4.11. The number of anilines is 1. The molecular formula is C15H14N4O2S. The quantitative estimate of drug-likeness (QED) is 0.760. The fourth-order valence-electron chi connectivity index (χ4n) is 2.83. The number of nitrogens with one attached hydrogen (secondary N) is 2. The van der Waals surface area contributed by atoms with Gasteiger partial charge in [0.15, 0.2) is 0 Å². The lowest BCUT2D eigenvalue weighted by molar-refractivity contribution is -0.114. The Morgan fingerprint density at radius 1 is 1.36 bits per heavy atom. The number of carbonyl (C=O) groups excluding carboxylic acids is 1. The molecule has 1 aliphatic heterocycles. The third-order valence-corrected chi connectivity index (χ3v) is 4.91. The van der Waals surface area contributed by atoms with Gasteiger partial charge in [-0.2, -0.15) is 0 Å². The smallest absolute Gasteiger partial charge is 0.221 e. The second-order valence-electron chi connectivity index (χ2n) is 5.28. The van der Waals surface area contributed by atoms with Crippen LogP contribution in [0.15, 0.2) is 22.8 Å². The molecule has 1 aromatic carbocycles. The first-order valence-electron chi connectivity index (χ1n) is 7.08. The van der Waals surface area contributed by atoms with Crippen molar-refractivity contribution in [1.29, 1.82) is 0 Å². The topological polar surface area (TPSA) is 80.1 Å². The molecular weight excluding hydrogens is 300 g/mol. The molecule has 0 bridgehead atoms. The van der Waals surface area contributed by atoms with E-state index in [1.54, 1.807) is 11.3 Å². The number of thiophene rings is 1. The number of carbonyl (C=O) groups is 1. The number of amides is 1. The highest BCUT2D eigenvalue weighted by Gasteiger charge is 2.22. The minimum absolute atomic E-state index is 0.0583. The summed E-state index contributed by atoms with van der Waals surface area (Å²) in [4.78, 5) is 12.8. The van der Waals surface area contributed by atoms with Crippen molar-refractivity contribution in [3.63, 3.8) is 0 Å². The molecule has 0 aliphatic carbocycles. The first-order chi connectivity index (χ1) is 10.7. The van der Waals surface area contributed by atoms with Crippen LogP contribution in [-0.2, 0) is 17.8 Å². The van der Waals surface area contributed by atoms with Crippen molar-refractivity contribution in [3.8, 4) is 11.1 Å². The second-order valence-corrected chi connectivity index (χ2v) is 6.39. The van der Waals surface area contributed by atoms with Crippen LogP contribution in [0.4, 0.5) is 5.00 Å². The summed E-state index contributed by atoms with van der Waals surface area (Å²) < 4.78 is 4.77. The molecule has 22 heavy (non-hydrogen) atoms. The largest absolute Gasteiger partial charge is 0.317 e. The van der Waals surface area contributed by atoms with Crippen LogP contribution in [0.5, 0.6) is 0 Å². The molecule has 2 N–H and O–H groups in total. The minimum atomic E-state index is -0.0583. The first kappa shape index (κ1) is 13.4. The highest BCUT2D eigenvalue weighted by molar-refractivity contribution is 7.17. The van der Waals surface area contributed by atoms with E-state index < -0.39 is 0 Å². The molecule has 2 aromatic heterocycles. The van der Waals surface area contributed by atoms with Crippen LogP contribution < -0.4 is 10.6 Å². The van der Waals surface area contributed by atoms with Gasteiger partial charge >= 0.3 is 0 Å². The van der Waals surface area contributed by atoms with Crippen molar-refractivity contribution in [2.45, 2.75) is 19.9 Å². The van der Waals surface area contributed by atoms with Crippen LogP contribution >= 0.6 is 11.3 Å². The summed E-state index contributed by atoms with van der Waals surface area (Å²) >= 11 is 1.64. The zero-order valence-corrected chi connectivity index (χ0v) is 12.8. The number of rotatable bonds is 2. The van der Waals surface area contributed by atoms with Gasteiger partial charge < -0.3 is 10.6 Å². The number of hydrogen-bond donors (Lipinski definition) is 2. The number of aromatic nitrogens is 2. The molecule has 3 aromatic rings. The molecule has 112 valence electrons. The fraction of sp³-hybridized carbons (Fsp3) is 0.267. The lowest BCUT2D eigenvalue weighted by Crippen LogP contribution is -2.22. The monoisotopic (exact) mass is 314 g/mol. The summed E-state index contributed by atoms with van der Waals surface area (Å²) in [6, 6.07) is 5.85. The summed E-state index contributed by atoms with van der Waals surface area (Å²) in [5, 5.41) is 15.0. The molecule has 3 heterocycles. The second kappa shape index (κ2) is 5.19. The van der Waals surface area contributed by atoms with Crippen LogP contribution in [0.25, 0.3) is 22.2 Å². The SMILES string of the molecule is CC(=O)Nc1sc2c(c1-c1ccc3nonc3c1)CCNC2. The molecule has 4 rings (SSSR count). The summed E-state index contributed by atoms with van der Waals surface area (Å²) in [5.74, 6) is -0.0583. The third kappa shape index (κ3) is 2.18. The molecule has 0 unspecified atom stereocenters. The van der Waals surface area contributed by atoms with Gasteiger partial charge in [0.2, 0.25) is 5.91 Å². The van der Waals surface area contributed by atoms with Crippen molar-refractivity contribution in [3.05, 3.63) is 28.6 Å². The van der Waals surface area contributed by atoms with Gasteiger partial charge in [-0.25, -0.2) is 4.63 Å². The maximum Gasteiger partial charge on any atom is 0.221 e. The van der Waals surface area contributed by atoms with E-state index in [9.17, 15) is 4.79 Å². The molecule has 0 fully saturated rings. The lowest BCUT2D eigenvalue weighted by Gasteiger charge is -2.14. The normalized spacial score (nSPS) is 14.0. The minimum Gasteiger partial charge on any atom is -0.317 e. The summed E-state index contributed by atoms with van der Waals surface area (Å²) in [5.41, 5.74) is 4.90. The Hall–Kier alpha value is -2.25. The van der Waals surface area contributed by atoms with E-state index in [-0.39, 0.29) is 5.91 Å². The van der Waals surface area contributed by atoms with Crippen molar-refractivity contribution in [1.82, 2.24) is 15.6 Å². The van der Waals surface area contributed by atoms with Gasteiger partial charge in [0.25, 0.3) is 0 Å². The van der Waals surface area contributed by atoms with Crippen LogP contribution in [0, 0.1) is 0 Å². The van der Waals surface area contributed by atoms with E-state index in [0.717, 1.165) is 46.7 Å². The molecule has 6 nitrogen and oxygen atoms in total. The Kier molecular flexibility index (Phi) is 3.16. The van der Waals surface area contributed by atoms with Crippen molar-refractivity contribution >= 4 is 33.3 Å². The third-order valence-electron chi connectivity index (χ3n) is 3.76. The van der Waals surface area contributed by atoms with E-state index in [2.05, 4.69) is 20.9 Å². The van der Waals surface area contributed by atoms with Gasteiger partial charge in [-0.1, -0.05) is 6.07 Å². The maximum absolute atomic E-state index is 11.5. The Labute approximate surface area is 130 Å². The Bertz CT molecular complexity index is 868. The standard InChI is InChI=1S/C15H14N4O2S/c1-8(20)17-15-14(10-4-5-16-7-13(10)22-15)9-2-3-11-12(6-9)19-21-18-11/h2-3,6,16H,4-5,7H2,1H3,(H,17,20). The molecule has 1 amide bonds. The predicted octanol–water partition coefficient (Wildman–Crippen LogP) is 2.56. The molecule has 0 saturated carbocycles. The van der Waals surface area contributed by atoms with Gasteiger partial charge in [0.05, 0.1) is 0 Å². The maximum atomic E-state index is 11.5. The molecule has 7 heteroatoms. The van der Waals surface area contributed by atoms with Gasteiger partial charge in [0, 0.05) is 23.9 Å². The first-order valence-corrected chi connectivity index (χ1v) is 7.89. The molecule has 0 saturated heterocycles. The number of nitrogens with zero attached hydrogens (tertiary/aromatic N) is 2. The number of fused-ring (bicyclic) bond motifs is 2. The highest BCUT2D eigenvalue weighted by atomic mass is 32.1. The van der Waals surface area contributed by atoms with Crippen LogP contribution in [0.3, 0.4) is 0 Å². The highest BCUT2D eigenvalue weighted by Crippen LogP contribution is 2.42. The number of benzene rings is 1. The Balaban J connectivity index is 1.90. The molecule has 0 spiro atoms. The molecule has 1 aliphatic rings. The van der Waals surface area contributed by atoms with Gasteiger partial charge in [-0.15, -0.1) is 11.3 Å². The van der Waals surface area contributed by atoms with Crippen molar-refractivity contribution in [2.24, 2.45) is 0 Å². The molecule has 0 radical (unpaired) electrons. The van der Waals surface area contributed by atoms with E-state index in [1.165, 1.54) is 17.4 Å². The average Bonchev–Trinajstić information content (AvgIpc) is 3.09. The predicted molar refractivity (Wildman–Crippen MR) is 84.8 cm³/mol. The Morgan fingerprint density at radius 2 is 2.23 bits per heavy atom. The van der Waals surface area contributed by atoms with Gasteiger partial charge in [0.1, 0.15) is 16.0 Å². The van der Waals surface area contributed by atoms with E-state index >= 15 is 0 Å². The van der Waals surface area contributed by atoms with Crippen molar-refractivity contribution in [2.75, 3.05) is 11.9 Å². The van der Waals surface area contributed by atoms with Gasteiger partial charge in [-0.3, -0.25) is 4.79 Å². The zero-order chi connectivity index (χ0) is 15.1. The lowest BCUT2D eigenvalue weighted by atomic mass is 9.97. The van der Waals surface area contributed by atoms with E-state index in [4.69, 9.17) is 4.63 Å². The zero-order valence-electron chi connectivity index (χ0n) is 12.0. The molecule has 0 atom stereocenters. The Morgan fingerprint density at radius 3 is 3.09 bits per heavy atom. The number of hydrogen-bond acceptors (Lipinski definition) is 6. The van der Waals surface area contributed by atoms with E-state index in [0.29, 0.717) is 0 Å².